The molecule has 0 bridgehead atoms. The maximum Gasteiger partial charge on any atom is 0.225 e. The first kappa shape index (κ1) is 22.3. The summed E-state index contributed by atoms with van der Waals surface area (Å²) in [5, 5.41) is 12.5. The van der Waals surface area contributed by atoms with Gasteiger partial charge in [0.05, 0.1) is 6.54 Å². The van der Waals surface area contributed by atoms with Gasteiger partial charge in [0.25, 0.3) is 0 Å². The molecule has 0 fully saturated rings. The summed E-state index contributed by atoms with van der Waals surface area (Å²) < 4.78 is 0. The van der Waals surface area contributed by atoms with E-state index in [0.29, 0.717) is 31.9 Å². The molecule has 0 aliphatic carbocycles. The van der Waals surface area contributed by atoms with Crippen LogP contribution < -0.4 is 21.3 Å². The fourth-order valence-electron chi connectivity index (χ4n) is 3.56. The van der Waals surface area contributed by atoms with E-state index in [0.717, 1.165) is 35.5 Å². The number of fused-ring (bicyclic) bond motifs is 1. The average molecular weight is 422 g/mol. The Balaban J connectivity index is 1.59. The van der Waals surface area contributed by atoms with Gasteiger partial charge in [-0.05, 0) is 42.7 Å². The SMILES string of the molecule is CCCC(=O)Nc1ccc(CN=C(NCC)NCC2CC(=O)Nc3ccccc32)cc1. The molecule has 2 aromatic rings. The molecule has 164 valence electrons. The highest BCUT2D eigenvalue weighted by molar-refractivity contribution is 5.95. The molecular formula is C24H31N5O2. The molecule has 1 aliphatic heterocycles. The fraction of sp³-hybridized carbons (Fsp3) is 0.375. The lowest BCUT2D eigenvalue weighted by Gasteiger charge is -2.26. The van der Waals surface area contributed by atoms with E-state index in [1.807, 2.05) is 56.3 Å². The summed E-state index contributed by atoms with van der Waals surface area (Å²) in [6, 6.07) is 15.7. The summed E-state index contributed by atoms with van der Waals surface area (Å²) in [4.78, 5) is 28.4. The summed E-state index contributed by atoms with van der Waals surface area (Å²) >= 11 is 0. The minimum atomic E-state index is 0.0323. The van der Waals surface area contributed by atoms with Gasteiger partial charge in [-0.3, -0.25) is 9.59 Å². The van der Waals surface area contributed by atoms with Gasteiger partial charge in [-0.2, -0.15) is 0 Å². The molecule has 0 saturated carbocycles. The van der Waals surface area contributed by atoms with Crippen molar-refractivity contribution in [1.29, 1.82) is 0 Å². The molecule has 7 nitrogen and oxygen atoms in total. The summed E-state index contributed by atoms with van der Waals surface area (Å²) in [6.07, 6.45) is 1.81. The third-order valence-corrected chi connectivity index (χ3v) is 5.10. The molecule has 31 heavy (non-hydrogen) atoms. The third-order valence-electron chi connectivity index (χ3n) is 5.10. The van der Waals surface area contributed by atoms with Gasteiger partial charge < -0.3 is 21.3 Å². The molecule has 0 aromatic heterocycles. The third kappa shape index (κ3) is 6.57. The number of nitrogens with one attached hydrogen (secondary N) is 4. The number of guanidine groups is 1. The van der Waals surface area contributed by atoms with Gasteiger partial charge >= 0.3 is 0 Å². The molecule has 1 unspecified atom stereocenters. The molecular weight excluding hydrogens is 390 g/mol. The van der Waals surface area contributed by atoms with Gasteiger partial charge in [-0.25, -0.2) is 4.99 Å². The van der Waals surface area contributed by atoms with Crippen LogP contribution in [0.15, 0.2) is 53.5 Å². The lowest BCUT2D eigenvalue weighted by atomic mass is 9.90. The number of anilines is 2. The van der Waals surface area contributed by atoms with E-state index in [1.165, 1.54) is 0 Å². The predicted octanol–water partition coefficient (Wildman–Crippen LogP) is 3.61. The van der Waals surface area contributed by atoms with E-state index < -0.39 is 0 Å². The molecule has 0 radical (unpaired) electrons. The largest absolute Gasteiger partial charge is 0.357 e. The van der Waals surface area contributed by atoms with Crippen molar-refractivity contribution in [3.63, 3.8) is 0 Å². The lowest BCUT2D eigenvalue weighted by molar-refractivity contribution is -0.117. The molecule has 0 saturated heterocycles. The first-order valence-corrected chi connectivity index (χ1v) is 10.9. The van der Waals surface area contributed by atoms with Crippen LogP contribution >= 0.6 is 0 Å². The van der Waals surface area contributed by atoms with Crippen LogP contribution in [0.2, 0.25) is 0 Å². The van der Waals surface area contributed by atoms with Crippen LogP contribution in [0.4, 0.5) is 11.4 Å². The Kier molecular flexibility index (Phi) is 8.04. The summed E-state index contributed by atoms with van der Waals surface area (Å²) in [6.45, 7) is 5.89. The van der Waals surface area contributed by atoms with E-state index in [4.69, 9.17) is 0 Å². The molecule has 1 heterocycles. The second kappa shape index (κ2) is 11.2. The Hall–Kier alpha value is -3.35. The molecule has 2 aromatic carbocycles. The van der Waals surface area contributed by atoms with E-state index in [1.54, 1.807) is 0 Å². The van der Waals surface area contributed by atoms with Crippen LogP contribution in [0.25, 0.3) is 0 Å². The van der Waals surface area contributed by atoms with E-state index in [-0.39, 0.29) is 17.7 Å². The minimum Gasteiger partial charge on any atom is -0.357 e. The van der Waals surface area contributed by atoms with Crippen LogP contribution in [-0.2, 0) is 16.1 Å². The first-order chi connectivity index (χ1) is 15.1. The molecule has 3 rings (SSSR count). The second-order valence-electron chi connectivity index (χ2n) is 7.61. The van der Waals surface area contributed by atoms with E-state index in [2.05, 4.69) is 32.3 Å². The maximum atomic E-state index is 12.0. The normalized spacial score (nSPS) is 15.6. The Labute approximate surface area is 183 Å². The minimum absolute atomic E-state index is 0.0323. The highest BCUT2D eigenvalue weighted by Gasteiger charge is 2.24. The number of hydrogen-bond acceptors (Lipinski definition) is 3. The van der Waals surface area contributed by atoms with Gasteiger partial charge in [-0.1, -0.05) is 37.3 Å². The van der Waals surface area contributed by atoms with Crippen molar-refractivity contribution in [2.45, 2.75) is 45.6 Å². The van der Waals surface area contributed by atoms with Crippen molar-refractivity contribution in [3.8, 4) is 0 Å². The fourth-order valence-corrected chi connectivity index (χ4v) is 3.56. The van der Waals surface area contributed by atoms with Crippen LogP contribution in [0.3, 0.4) is 0 Å². The Morgan fingerprint density at radius 1 is 1.10 bits per heavy atom. The van der Waals surface area contributed by atoms with Crippen LogP contribution in [-0.4, -0.2) is 30.9 Å². The predicted molar refractivity (Wildman–Crippen MR) is 125 cm³/mol. The highest BCUT2D eigenvalue weighted by atomic mass is 16.2. The Morgan fingerprint density at radius 2 is 1.87 bits per heavy atom. The average Bonchev–Trinajstić information content (AvgIpc) is 2.76. The lowest BCUT2D eigenvalue weighted by Crippen LogP contribution is -2.40. The topological polar surface area (TPSA) is 94.6 Å². The number of rotatable bonds is 8. The molecule has 1 aliphatic rings. The summed E-state index contributed by atoms with van der Waals surface area (Å²) in [5.41, 5.74) is 3.88. The van der Waals surface area contributed by atoms with Crippen molar-refractivity contribution in [1.82, 2.24) is 10.6 Å². The number of carbonyl (C=O) groups excluding carboxylic acids is 2. The zero-order valence-electron chi connectivity index (χ0n) is 18.2. The van der Waals surface area contributed by atoms with E-state index in [9.17, 15) is 9.59 Å². The van der Waals surface area contributed by atoms with Gasteiger partial charge in [0.15, 0.2) is 5.96 Å². The second-order valence-corrected chi connectivity index (χ2v) is 7.61. The molecule has 7 heteroatoms. The number of benzene rings is 2. The van der Waals surface area contributed by atoms with Gasteiger partial charge in [0.1, 0.15) is 0 Å². The van der Waals surface area contributed by atoms with Crippen molar-refractivity contribution < 1.29 is 9.59 Å². The number of aliphatic imine (C=N–C) groups is 1. The molecule has 2 amide bonds. The van der Waals surface area contributed by atoms with Crippen molar-refractivity contribution in [2.75, 3.05) is 23.7 Å². The quantitative estimate of drug-likeness (QED) is 0.387. The van der Waals surface area contributed by atoms with Crippen LogP contribution in [0.5, 0.6) is 0 Å². The summed E-state index contributed by atoms with van der Waals surface area (Å²) in [7, 11) is 0. The van der Waals surface area contributed by atoms with E-state index >= 15 is 0 Å². The molecule has 4 N–H and O–H groups in total. The number of amides is 2. The Bertz CT molecular complexity index is 924. The number of nitrogens with zero attached hydrogens (tertiary/aromatic N) is 1. The maximum absolute atomic E-state index is 12.0. The van der Waals surface area contributed by atoms with Crippen molar-refractivity contribution in [3.05, 3.63) is 59.7 Å². The van der Waals surface area contributed by atoms with Crippen molar-refractivity contribution in [2.24, 2.45) is 4.99 Å². The standard InChI is InChI=1S/C24H31N5O2/c1-3-7-22(30)28-19-12-10-17(11-13-19)15-26-24(25-4-2)27-16-18-14-23(31)29-21-9-6-5-8-20(18)21/h5-6,8-13,18H,3-4,7,14-16H2,1-2H3,(H,28,30)(H,29,31)(H2,25,26,27). The highest BCUT2D eigenvalue weighted by Crippen LogP contribution is 2.31. The zero-order valence-corrected chi connectivity index (χ0v) is 18.2. The number of hydrogen-bond donors (Lipinski definition) is 4. The Morgan fingerprint density at radius 3 is 2.61 bits per heavy atom. The smallest absolute Gasteiger partial charge is 0.225 e. The van der Waals surface area contributed by atoms with Crippen LogP contribution in [0.1, 0.15) is 50.2 Å². The zero-order chi connectivity index (χ0) is 22.1. The van der Waals surface area contributed by atoms with Crippen LogP contribution in [0, 0.1) is 0 Å². The molecule has 0 spiro atoms. The van der Waals surface area contributed by atoms with Gasteiger partial charge in [0.2, 0.25) is 11.8 Å². The first-order valence-electron chi connectivity index (χ1n) is 10.9. The molecule has 1 atom stereocenters. The summed E-state index contributed by atoms with van der Waals surface area (Å²) in [5.74, 6) is 0.884. The number of para-hydroxylation sites is 1. The monoisotopic (exact) mass is 421 g/mol. The van der Waals surface area contributed by atoms with Crippen molar-refractivity contribution >= 4 is 29.1 Å². The number of carbonyl (C=O) groups is 2. The van der Waals surface area contributed by atoms with Gasteiger partial charge in [-0.15, -0.1) is 0 Å². The van der Waals surface area contributed by atoms with Gasteiger partial charge in [0, 0.05) is 43.2 Å².